The lowest BCUT2D eigenvalue weighted by molar-refractivity contribution is -0.117. The molecule has 0 atom stereocenters. The van der Waals surface area contributed by atoms with E-state index >= 15 is 0 Å². The van der Waals surface area contributed by atoms with Crippen molar-refractivity contribution >= 4 is 17.6 Å². The SMILES string of the molecule is CN=C(NCc1ccc(N2CCCC2=O)cc1)NCc1cnn(-c2ccccc2)c1. The Hall–Kier alpha value is -3.61. The van der Waals surface area contributed by atoms with Crippen molar-refractivity contribution < 1.29 is 4.79 Å². The normalized spacial score (nSPS) is 14.2. The third kappa shape index (κ3) is 4.68. The summed E-state index contributed by atoms with van der Waals surface area (Å²) < 4.78 is 1.86. The van der Waals surface area contributed by atoms with Crippen LogP contribution in [0.3, 0.4) is 0 Å². The van der Waals surface area contributed by atoms with E-state index in [1.54, 1.807) is 7.05 Å². The molecule has 7 nitrogen and oxygen atoms in total. The highest BCUT2D eigenvalue weighted by Gasteiger charge is 2.21. The van der Waals surface area contributed by atoms with Crippen molar-refractivity contribution in [2.75, 3.05) is 18.5 Å². The van der Waals surface area contributed by atoms with Gasteiger partial charge in [-0.2, -0.15) is 5.10 Å². The van der Waals surface area contributed by atoms with E-state index in [1.165, 1.54) is 0 Å². The minimum Gasteiger partial charge on any atom is -0.352 e. The predicted molar refractivity (Wildman–Crippen MR) is 119 cm³/mol. The number of aromatic nitrogens is 2. The average Bonchev–Trinajstić information content (AvgIpc) is 3.44. The zero-order valence-electron chi connectivity index (χ0n) is 17.1. The van der Waals surface area contributed by atoms with Gasteiger partial charge < -0.3 is 15.5 Å². The number of guanidine groups is 1. The fourth-order valence-electron chi connectivity index (χ4n) is 3.48. The first-order chi connectivity index (χ1) is 14.7. The van der Waals surface area contributed by atoms with Crippen molar-refractivity contribution in [2.45, 2.75) is 25.9 Å². The second-order valence-corrected chi connectivity index (χ2v) is 7.22. The van der Waals surface area contributed by atoms with Gasteiger partial charge in [0, 0.05) is 50.6 Å². The molecule has 1 saturated heterocycles. The average molecular weight is 403 g/mol. The summed E-state index contributed by atoms with van der Waals surface area (Å²) in [6.07, 6.45) is 5.45. The van der Waals surface area contributed by atoms with E-state index in [2.05, 4.69) is 20.7 Å². The largest absolute Gasteiger partial charge is 0.352 e. The number of nitrogens with zero attached hydrogens (tertiary/aromatic N) is 4. The Morgan fingerprint density at radius 1 is 1.00 bits per heavy atom. The molecular formula is C23H26N6O. The number of anilines is 1. The predicted octanol–water partition coefficient (Wildman–Crippen LogP) is 2.86. The van der Waals surface area contributed by atoms with E-state index in [4.69, 9.17) is 0 Å². The molecule has 1 fully saturated rings. The van der Waals surface area contributed by atoms with Crippen molar-refractivity contribution in [3.05, 3.63) is 78.1 Å². The van der Waals surface area contributed by atoms with Crippen molar-refractivity contribution in [3.8, 4) is 5.69 Å². The fraction of sp³-hybridized carbons (Fsp3) is 0.261. The highest BCUT2D eigenvalue weighted by atomic mass is 16.2. The number of hydrogen-bond donors (Lipinski definition) is 2. The van der Waals surface area contributed by atoms with E-state index in [0.717, 1.165) is 41.4 Å². The number of nitrogens with one attached hydrogen (secondary N) is 2. The summed E-state index contributed by atoms with van der Waals surface area (Å²) in [5.41, 5.74) is 4.20. The quantitative estimate of drug-likeness (QED) is 0.491. The van der Waals surface area contributed by atoms with Gasteiger partial charge in [0.2, 0.25) is 5.91 Å². The lowest BCUT2D eigenvalue weighted by atomic mass is 10.2. The number of aliphatic imine (C=N–C) groups is 1. The Morgan fingerprint density at radius 3 is 2.40 bits per heavy atom. The Labute approximate surface area is 176 Å². The maximum absolute atomic E-state index is 11.9. The van der Waals surface area contributed by atoms with Crippen LogP contribution in [0.15, 0.2) is 72.0 Å². The minimum absolute atomic E-state index is 0.209. The highest BCUT2D eigenvalue weighted by molar-refractivity contribution is 5.95. The summed E-state index contributed by atoms with van der Waals surface area (Å²) in [6, 6.07) is 18.1. The van der Waals surface area contributed by atoms with Crippen molar-refractivity contribution in [1.82, 2.24) is 20.4 Å². The summed E-state index contributed by atoms with van der Waals surface area (Å²) in [4.78, 5) is 18.0. The lowest BCUT2D eigenvalue weighted by Crippen LogP contribution is -2.36. The lowest BCUT2D eigenvalue weighted by Gasteiger charge is -2.16. The Bertz CT molecular complexity index is 1010. The molecule has 0 aliphatic carbocycles. The Balaban J connectivity index is 1.28. The van der Waals surface area contributed by atoms with E-state index < -0.39 is 0 Å². The van der Waals surface area contributed by atoms with Crippen LogP contribution in [-0.2, 0) is 17.9 Å². The van der Waals surface area contributed by atoms with Crippen LogP contribution in [0, 0.1) is 0 Å². The van der Waals surface area contributed by atoms with Crippen LogP contribution in [0.4, 0.5) is 5.69 Å². The summed E-state index contributed by atoms with van der Waals surface area (Å²) in [5.74, 6) is 0.933. The minimum atomic E-state index is 0.209. The molecule has 7 heteroatoms. The molecule has 0 spiro atoms. The maximum Gasteiger partial charge on any atom is 0.227 e. The van der Waals surface area contributed by atoms with E-state index in [-0.39, 0.29) is 5.91 Å². The molecule has 0 unspecified atom stereocenters. The summed E-state index contributed by atoms with van der Waals surface area (Å²) in [6.45, 7) is 2.09. The molecule has 30 heavy (non-hydrogen) atoms. The number of hydrogen-bond acceptors (Lipinski definition) is 3. The molecule has 154 valence electrons. The van der Waals surface area contributed by atoms with Gasteiger partial charge in [0.1, 0.15) is 0 Å². The Morgan fingerprint density at radius 2 is 1.73 bits per heavy atom. The van der Waals surface area contributed by atoms with Crippen molar-refractivity contribution in [1.29, 1.82) is 0 Å². The zero-order valence-corrected chi connectivity index (χ0v) is 17.1. The fourth-order valence-corrected chi connectivity index (χ4v) is 3.48. The Kier molecular flexibility index (Phi) is 6.08. The van der Waals surface area contributed by atoms with Gasteiger partial charge in [-0.15, -0.1) is 0 Å². The molecule has 4 rings (SSSR count). The molecule has 0 bridgehead atoms. The van der Waals surface area contributed by atoms with Crippen molar-refractivity contribution in [2.24, 2.45) is 4.99 Å². The maximum atomic E-state index is 11.9. The molecule has 0 radical (unpaired) electrons. The first kappa shape index (κ1) is 19.7. The number of amides is 1. The molecule has 0 saturated carbocycles. The molecule has 2 heterocycles. The van der Waals surface area contributed by atoms with Crippen LogP contribution in [0.2, 0.25) is 0 Å². The summed E-state index contributed by atoms with van der Waals surface area (Å²) in [5, 5.41) is 11.1. The monoisotopic (exact) mass is 402 g/mol. The van der Waals surface area contributed by atoms with Gasteiger partial charge in [-0.1, -0.05) is 30.3 Å². The number of para-hydroxylation sites is 1. The molecule has 1 aromatic heterocycles. The first-order valence-electron chi connectivity index (χ1n) is 10.2. The van der Waals surface area contributed by atoms with Crippen LogP contribution in [0.1, 0.15) is 24.0 Å². The molecule has 3 aromatic rings. The second kappa shape index (κ2) is 9.26. The molecule has 1 aliphatic heterocycles. The van der Waals surface area contributed by atoms with Crippen LogP contribution < -0.4 is 15.5 Å². The molecule has 2 aromatic carbocycles. The van der Waals surface area contributed by atoms with Gasteiger partial charge in [-0.05, 0) is 36.2 Å². The summed E-state index contributed by atoms with van der Waals surface area (Å²) >= 11 is 0. The van der Waals surface area contributed by atoms with Crippen LogP contribution in [0.5, 0.6) is 0 Å². The van der Waals surface area contributed by atoms with Gasteiger partial charge in [0.05, 0.1) is 11.9 Å². The third-order valence-corrected chi connectivity index (χ3v) is 5.12. The molecule has 1 aliphatic rings. The van der Waals surface area contributed by atoms with Crippen LogP contribution >= 0.6 is 0 Å². The van der Waals surface area contributed by atoms with Gasteiger partial charge in [-0.3, -0.25) is 9.79 Å². The molecular weight excluding hydrogens is 376 g/mol. The summed E-state index contributed by atoms with van der Waals surface area (Å²) in [7, 11) is 1.75. The van der Waals surface area contributed by atoms with E-state index in [1.807, 2.05) is 76.6 Å². The standard InChI is InChI=1S/C23H26N6O/c1-24-23(26-15-19-16-27-29(17-19)21-6-3-2-4-7-21)25-14-18-9-11-20(12-10-18)28-13-5-8-22(28)30/h2-4,6-7,9-12,16-17H,5,8,13-15H2,1H3,(H2,24,25,26). The number of benzene rings is 2. The molecule has 1 amide bonds. The van der Waals surface area contributed by atoms with Gasteiger partial charge in [0.15, 0.2) is 5.96 Å². The van der Waals surface area contributed by atoms with Gasteiger partial charge in [-0.25, -0.2) is 4.68 Å². The van der Waals surface area contributed by atoms with Gasteiger partial charge >= 0.3 is 0 Å². The number of carbonyl (C=O) groups is 1. The smallest absolute Gasteiger partial charge is 0.227 e. The first-order valence-corrected chi connectivity index (χ1v) is 10.2. The topological polar surface area (TPSA) is 74.6 Å². The van der Waals surface area contributed by atoms with E-state index in [0.29, 0.717) is 19.5 Å². The molecule has 2 N–H and O–H groups in total. The second-order valence-electron chi connectivity index (χ2n) is 7.22. The number of carbonyl (C=O) groups excluding carboxylic acids is 1. The number of rotatable bonds is 6. The van der Waals surface area contributed by atoms with Crippen LogP contribution in [-0.4, -0.2) is 35.2 Å². The van der Waals surface area contributed by atoms with E-state index in [9.17, 15) is 4.79 Å². The highest BCUT2D eigenvalue weighted by Crippen LogP contribution is 2.21. The van der Waals surface area contributed by atoms with Crippen molar-refractivity contribution in [3.63, 3.8) is 0 Å². The third-order valence-electron chi connectivity index (χ3n) is 5.12. The van der Waals surface area contributed by atoms with Crippen LogP contribution in [0.25, 0.3) is 5.69 Å². The van der Waals surface area contributed by atoms with Gasteiger partial charge in [0.25, 0.3) is 0 Å². The zero-order chi connectivity index (χ0) is 20.8.